The van der Waals surface area contributed by atoms with Gasteiger partial charge >= 0.3 is 5.97 Å². The number of carboxylic acid groups (broad SMARTS) is 1. The smallest absolute Gasteiger partial charge is 0.311 e. The van der Waals surface area contributed by atoms with Gasteiger partial charge in [0.1, 0.15) is 5.60 Å². The zero-order valence-electron chi connectivity index (χ0n) is 8.21. The summed E-state index contributed by atoms with van der Waals surface area (Å²) in [5.41, 5.74) is -1.37. The molecule has 0 spiro atoms. The van der Waals surface area contributed by atoms with Crippen LogP contribution < -0.4 is 0 Å². The number of hydrogen-bond acceptors (Lipinski definition) is 3. The van der Waals surface area contributed by atoms with Crippen molar-refractivity contribution in [1.82, 2.24) is 0 Å². The van der Waals surface area contributed by atoms with E-state index in [2.05, 4.69) is 0 Å². The Kier molecular flexibility index (Phi) is 1.93. The van der Waals surface area contributed by atoms with Crippen molar-refractivity contribution in [3.8, 4) is 0 Å². The summed E-state index contributed by atoms with van der Waals surface area (Å²) in [6.07, 6.45) is 2.27. The van der Waals surface area contributed by atoms with Gasteiger partial charge in [-0.25, -0.2) is 0 Å². The minimum absolute atomic E-state index is 0.0381. The van der Waals surface area contributed by atoms with Gasteiger partial charge in [0.15, 0.2) is 5.78 Å². The molecule has 1 N–H and O–H groups in total. The Balaban J connectivity index is 2.21. The standard InChI is InChI=1S/C10H14O4/c1-7(11)10-4-2-9(3-5-10,6-14-10)8(12)13/h2-6H2,1H3,(H,12,13). The maximum absolute atomic E-state index is 11.4. The number of carbonyl (C=O) groups excluding carboxylic acids is 1. The Morgan fingerprint density at radius 1 is 1.21 bits per heavy atom. The van der Waals surface area contributed by atoms with Gasteiger partial charge in [-0.2, -0.15) is 0 Å². The van der Waals surface area contributed by atoms with Gasteiger partial charge in [0, 0.05) is 0 Å². The highest BCUT2D eigenvalue weighted by molar-refractivity contribution is 5.86. The number of aliphatic carboxylic acids is 1. The SMILES string of the molecule is CC(=O)C12CCC(C(=O)O)(CC1)CO2. The number of carboxylic acids is 1. The highest BCUT2D eigenvalue weighted by Crippen LogP contribution is 2.49. The van der Waals surface area contributed by atoms with E-state index in [9.17, 15) is 9.59 Å². The first-order chi connectivity index (χ1) is 6.51. The van der Waals surface area contributed by atoms with E-state index in [1.54, 1.807) is 0 Å². The lowest BCUT2D eigenvalue weighted by molar-refractivity contribution is -0.202. The number of fused-ring (bicyclic) bond motifs is 3. The molecule has 4 heteroatoms. The van der Waals surface area contributed by atoms with Gasteiger partial charge in [0.25, 0.3) is 0 Å². The quantitative estimate of drug-likeness (QED) is 0.718. The summed E-state index contributed by atoms with van der Waals surface area (Å²) in [6, 6.07) is 0. The van der Waals surface area contributed by atoms with Crippen LogP contribution in [0.1, 0.15) is 32.6 Å². The predicted octanol–water partition coefficient (Wildman–Crippen LogP) is 0.989. The lowest BCUT2D eigenvalue weighted by Gasteiger charge is -2.49. The number of hydrogen-bond donors (Lipinski definition) is 1. The summed E-state index contributed by atoms with van der Waals surface area (Å²) >= 11 is 0. The zero-order chi connectivity index (χ0) is 10.4. The van der Waals surface area contributed by atoms with Crippen molar-refractivity contribution >= 4 is 11.8 Å². The molecule has 0 aromatic heterocycles. The first-order valence-corrected chi connectivity index (χ1v) is 4.89. The molecule has 4 nitrogen and oxygen atoms in total. The molecular formula is C10H14O4. The van der Waals surface area contributed by atoms with Crippen molar-refractivity contribution in [3.63, 3.8) is 0 Å². The molecule has 0 amide bonds. The van der Waals surface area contributed by atoms with E-state index in [1.165, 1.54) is 6.92 Å². The summed E-state index contributed by atoms with van der Waals surface area (Å²) in [4.78, 5) is 22.4. The van der Waals surface area contributed by atoms with Crippen LogP contribution >= 0.6 is 0 Å². The van der Waals surface area contributed by atoms with Crippen LogP contribution in [-0.2, 0) is 14.3 Å². The monoisotopic (exact) mass is 198 g/mol. The zero-order valence-corrected chi connectivity index (χ0v) is 8.21. The molecular weight excluding hydrogens is 184 g/mol. The molecule has 1 saturated carbocycles. The largest absolute Gasteiger partial charge is 0.481 e. The fourth-order valence-electron chi connectivity index (χ4n) is 2.43. The highest BCUT2D eigenvalue weighted by atomic mass is 16.5. The average Bonchev–Trinajstić information content (AvgIpc) is 2.20. The third-order valence-electron chi connectivity index (χ3n) is 3.73. The Morgan fingerprint density at radius 3 is 2.07 bits per heavy atom. The van der Waals surface area contributed by atoms with Crippen molar-refractivity contribution < 1.29 is 19.4 Å². The molecule has 2 aliphatic heterocycles. The molecule has 0 aromatic carbocycles. The van der Waals surface area contributed by atoms with Gasteiger partial charge in [0.05, 0.1) is 12.0 Å². The van der Waals surface area contributed by atoms with Crippen LogP contribution in [0.2, 0.25) is 0 Å². The van der Waals surface area contributed by atoms with E-state index in [4.69, 9.17) is 9.84 Å². The van der Waals surface area contributed by atoms with Gasteiger partial charge in [-0.15, -0.1) is 0 Å². The highest BCUT2D eigenvalue weighted by Gasteiger charge is 2.55. The number of rotatable bonds is 2. The van der Waals surface area contributed by atoms with Gasteiger partial charge in [-0.1, -0.05) is 0 Å². The third kappa shape index (κ3) is 1.10. The van der Waals surface area contributed by atoms with Crippen LogP contribution in [0.5, 0.6) is 0 Å². The van der Waals surface area contributed by atoms with Crippen LogP contribution in [0.25, 0.3) is 0 Å². The van der Waals surface area contributed by atoms with Crippen molar-refractivity contribution in [1.29, 1.82) is 0 Å². The lowest BCUT2D eigenvalue weighted by atomic mass is 9.65. The molecule has 3 rings (SSSR count). The molecule has 0 aromatic rings. The van der Waals surface area contributed by atoms with Crippen molar-refractivity contribution in [2.75, 3.05) is 6.61 Å². The third-order valence-corrected chi connectivity index (χ3v) is 3.73. The fraction of sp³-hybridized carbons (Fsp3) is 0.800. The van der Waals surface area contributed by atoms with Crippen molar-refractivity contribution in [2.24, 2.45) is 5.41 Å². The van der Waals surface area contributed by atoms with Gasteiger partial charge in [-0.05, 0) is 32.6 Å². The topological polar surface area (TPSA) is 63.6 Å². The van der Waals surface area contributed by atoms with E-state index < -0.39 is 17.0 Å². The Labute approximate surface area is 82.2 Å². The molecule has 1 aliphatic carbocycles. The molecule has 2 bridgehead atoms. The van der Waals surface area contributed by atoms with E-state index in [1.807, 2.05) is 0 Å². The molecule has 2 heterocycles. The second kappa shape index (κ2) is 2.79. The Morgan fingerprint density at radius 2 is 1.79 bits per heavy atom. The summed E-state index contributed by atoms with van der Waals surface area (Å²) in [7, 11) is 0. The van der Waals surface area contributed by atoms with E-state index in [0.29, 0.717) is 25.7 Å². The molecule has 78 valence electrons. The van der Waals surface area contributed by atoms with Crippen LogP contribution in [0.15, 0.2) is 0 Å². The van der Waals surface area contributed by atoms with E-state index in [0.717, 1.165) is 0 Å². The van der Waals surface area contributed by atoms with Crippen LogP contribution in [0.3, 0.4) is 0 Å². The molecule has 14 heavy (non-hydrogen) atoms. The number of carbonyl (C=O) groups is 2. The molecule has 0 radical (unpaired) electrons. The molecule has 2 saturated heterocycles. The van der Waals surface area contributed by atoms with Crippen molar-refractivity contribution in [2.45, 2.75) is 38.2 Å². The van der Waals surface area contributed by atoms with E-state index >= 15 is 0 Å². The minimum Gasteiger partial charge on any atom is -0.481 e. The maximum Gasteiger partial charge on any atom is 0.311 e. The Bertz CT molecular complexity index is 240. The van der Waals surface area contributed by atoms with Gasteiger partial charge in [0.2, 0.25) is 0 Å². The first kappa shape index (κ1) is 9.65. The van der Waals surface area contributed by atoms with Crippen LogP contribution in [0, 0.1) is 5.41 Å². The molecule has 3 fully saturated rings. The molecule has 0 unspecified atom stereocenters. The van der Waals surface area contributed by atoms with Gasteiger partial charge < -0.3 is 9.84 Å². The van der Waals surface area contributed by atoms with Crippen LogP contribution in [-0.4, -0.2) is 29.1 Å². The minimum atomic E-state index is -0.783. The fourth-order valence-corrected chi connectivity index (χ4v) is 2.43. The molecule has 0 atom stereocenters. The number of ether oxygens (including phenoxy) is 1. The summed E-state index contributed by atoms with van der Waals surface area (Å²) in [6.45, 7) is 1.72. The van der Waals surface area contributed by atoms with Gasteiger partial charge in [-0.3, -0.25) is 9.59 Å². The summed E-state index contributed by atoms with van der Waals surface area (Å²) in [5, 5.41) is 9.07. The first-order valence-electron chi connectivity index (χ1n) is 4.89. The predicted molar refractivity (Wildman–Crippen MR) is 47.9 cm³/mol. The summed E-state index contributed by atoms with van der Waals surface area (Å²) in [5.74, 6) is -0.745. The number of Topliss-reactive ketones (excluding diaryl/α,β-unsaturated/α-hetero) is 1. The van der Waals surface area contributed by atoms with E-state index in [-0.39, 0.29) is 12.4 Å². The number of ketones is 1. The summed E-state index contributed by atoms with van der Waals surface area (Å²) < 4.78 is 5.46. The Hall–Kier alpha value is -0.900. The van der Waals surface area contributed by atoms with Crippen molar-refractivity contribution in [3.05, 3.63) is 0 Å². The second-order valence-corrected chi connectivity index (χ2v) is 4.42. The second-order valence-electron chi connectivity index (χ2n) is 4.42. The average molecular weight is 198 g/mol. The normalized spacial score (nSPS) is 40.9. The van der Waals surface area contributed by atoms with Crippen LogP contribution in [0.4, 0.5) is 0 Å². The maximum atomic E-state index is 11.4. The lowest BCUT2D eigenvalue weighted by Crippen LogP contribution is -2.57. The molecule has 3 aliphatic rings.